The lowest BCUT2D eigenvalue weighted by Crippen LogP contribution is -2.15. The Morgan fingerprint density at radius 2 is 1.81 bits per heavy atom. The summed E-state index contributed by atoms with van der Waals surface area (Å²) in [5.41, 5.74) is 7.58. The Labute approximate surface area is 124 Å². The van der Waals surface area contributed by atoms with E-state index in [2.05, 4.69) is 4.72 Å². The second kappa shape index (κ2) is 6.15. The van der Waals surface area contributed by atoms with Crippen molar-refractivity contribution in [3.05, 3.63) is 53.6 Å². The van der Waals surface area contributed by atoms with Crippen LogP contribution in [-0.4, -0.2) is 15.5 Å². The molecule has 112 valence electrons. The first-order chi connectivity index (χ1) is 9.97. The van der Waals surface area contributed by atoms with Crippen LogP contribution in [0.3, 0.4) is 0 Å². The zero-order valence-electron chi connectivity index (χ0n) is 12.0. The minimum atomic E-state index is -3.64. The van der Waals surface area contributed by atoms with Crippen molar-refractivity contribution in [1.29, 1.82) is 0 Å². The zero-order valence-corrected chi connectivity index (χ0v) is 12.8. The average Bonchev–Trinajstić information content (AvgIpc) is 2.47. The molecule has 0 atom stereocenters. The molecule has 3 N–H and O–H groups in total. The number of benzene rings is 2. The maximum Gasteiger partial charge on any atom is 0.262 e. The molecule has 0 heterocycles. The van der Waals surface area contributed by atoms with Crippen molar-refractivity contribution in [2.45, 2.75) is 18.4 Å². The topological polar surface area (TPSA) is 81.4 Å². The number of anilines is 1. The van der Waals surface area contributed by atoms with E-state index in [1.54, 1.807) is 50.4 Å². The fourth-order valence-electron chi connectivity index (χ4n) is 2.04. The molecule has 0 saturated heterocycles. The van der Waals surface area contributed by atoms with Crippen LogP contribution in [0.15, 0.2) is 47.4 Å². The number of rotatable bonds is 5. The summed E-state index contributed by atoms with van der Waals surface area (Å²) in [4.78, 5) is 0.237. The van der Waals surface area contributed by atoms with Crippen LogP contribution in [0.1, 0.15) is 11.1 Å². The molecule has 0 bridgehead atoms. The van der Waals surface area contributed by atoms with Gasteiger partial charge in [-0.2, -0.15) is 0 Å². The molecule has 0 aromatic heterocycles. The molecule has 21 heavy (non-hydrogen) atoms. The lowest BCUT2D eigenvalue weighted by atomic mass is 10.1. The molecular formula is C15H18N2O3S. The van der Waals surface area contributed by atoms with Crippen LogP contribution in [0.25, 0.3) is 0 Å². The highest BCUT2D eigenvalue weighted by molar-refractivity contribution is 7.92. The van der Waals surface area contributed by atoms with Crippen molar-refractivity contribution in [3.8, 4) is 5.75 Å². The van der Waals surface area contributed by atoms with Crippen molar-refractivity contribution in [1.82, 2.24) is 0 Å². The van der Waals surface area contributed by atoms with E-state index in [1.807, 2.05) is 6.07 Å². The molecule has 0 spiro atoms. The second-order valence-corrected chi connectivity index (χ2v) is 6.23. The largest absolute Gasteiger partial charge is 0.497 e. The average molecular weight is 306 g/mol. The van der Waals surface area contributed by atoms with Gasteiger partial charge in [0, 0.05) is 12.2 Å². The lowest BCUT2D eigenvalue weighted by Gasteiger charge is -2.13. The van der Waals surface area contributed by atoms with E-state index >= 15 is 0 Å². The van der Waals surface area contributed by atoms with Gasteiger partial charge < -0.3 is 10.5 Å². The summed E-state index contributed by atoms with van der Waals surface area (Å²) < 4.78 is 32.5. The Morgan fingerprint density at radius 3 is 2.38 bits per heavy atom. The normalized spacial score (nSPS) is 11.2. The summed E-state index contributed by atoms with van der Waals surface area (Å²) >= 11 is 0. The minimum absolute atomic E-state index is 0.237. The highest BCUT2D eigenvalue weighted by Gasteiger charge is 2.18. The molecule has 6 heteroatoms. The van der Waals surface area contributed by atoms with E-state index in [9.17, 15) is 8.42 Å². The fraction of sp³-hybridized carbons (Fsp3) is 0.200. The molecule has 2 aromatic carbocycles. The third-order valence-corrected chi connectivity index (χ3v) is 4.77. The van der Waals surface area contributed by atoms with Crippen molar-refractivity contribution in [2.24, 2.45) is 5.73 Å². The monoisotopic (exact) mass is 306 g/mol. The van der Waals surface area contributed by atoms with Crippen molar-refractivity contribution < 1.29 is 13.2 Å². The van der Waals surface area contributed by atoms with Crippen LogP contribution < -0.4 is 15.2 Å². The van der Waals surface area contributed by atoms with Gasteiger partial charge in [-0.3, -0.25) is 4.72 Å². The van der Waals surface area contributed by atoms with Crippen LogP contribution in [0.2, 0.25) is 0 Å². The summed E-state index contributed by atoms with van der Waals surface area (Å²) in [5, 5.41) is 0. The van der Waals surface area contributed by atoms with Gasteiger partial charge in [-0.25, -0.2) is 8.42 Å². The third kappa shape index (κ3) is 3.34. The maximum atomic E-state index is 12.5. The van der Waals surface area contributed by atoms with Crippen molar-refractivity contribution in [2.75, 3.05) is 11.8 Å². The SMILES string of the molecule is COc1ccc(NS(=O)(=O)c2cccc(CN)c2C)cc1. The van der Waals surface area contributed by atoms with Gasteiger partial charge in [0.15, 0.2) is 0 Å². The fourth-order valence-corrected chi connectivity index (χ4v) is 3.39. The number of hydrogen-bond donors (Lipinski definition) is 2. The molecular weight excluding hydrogens is 288 g/mol. The predicted octanol–water partition coefficient (Wildman–Crippen LogP) is 2.26. The van der Waals surface area contributed by atoms with Crippen LogP contribution in [0, 0.1) is 6.92 Å². The number of ether oxygens (including phenoxy) is 1. The Balaban J connectivity index is 2.33. The molecule has 0 aliphatic rings. The van der Waals surface area contributed by atoms with Crippen molar-refractivity contribution in [3.63, 3.8) is 0 Å². The standard InChI is InChI=1S/C15H18N2O3S/c1-11-12(10-16)4-3-5-15(11)21(18,19)17-13-6-8-14(20-2)9-7-13/h3-9,17H,10,16H2,1-2H3. The minimum Gasteiger partial charge on any atom is -0.497 e. The lowest BCUT2D eigenvalue weighted by molar-refractivity contribution is 0.415. The number of sulfonamides is 1. The molecule has 0 amide bonds. The molecule has 0 unspecified atom stereocenters. The third-order valence-electron chi connectivity index (χ3n) is 3.25. The highest BCUT2D eigenvalue weighted by atomic mass is 32.2. The van der Waals surface area contributed by atoms with Gasteiger partial charge in [0.2, 0.25) is 0 Å². The van der Waals surface area contributed by atoms with Gasteiger partial charge in [0.1, 0.15) is 5.75 Å². The zero-order chi connectivity index (χ0) is 15.5. The van der Waals surface area contributed by atoms with Gasteiger partial charge in [-0.05, 0) is 48.4 Å². The second-order valence-electron chi connectivity index (χ2n) is 4.58. The summed E-state index contributed by atoms with van der Waals surface area (Å²) in [7, 11) is -2.09. The maximum absolute atomic E-state index is 12.5. The summed E-state index contributed by atoms with van der Waals surface area (Å²) in [6, 6.07) is 11.8. The smallest absolute Gasteiger partial charge is 0.262 e. The molecule has 0 aliphatic carbocycles. The molecule has 2 aromatic rings. The summed E-state index contributed by atoms with van der Waals surface area (Å²) in [6.07, 6.45) is 0. The first-order valence-corrected chi connectivity index (χ1v) is 7.91. The van der Waals surface area contributed by atoms with E-state index in [-0.39, 0.29) is 4.90 Å². The van der Waals surface area contributed by atoms with Crippen LogP contribution in [0.5, 0.6) is 5.75 Å². The van der Waals surface area contributed by atoms with Gasteiger partial charge in [0.25, 0.3) is 10.0 Å². The molecule has 5 nitrogen and oxygen atoms in total. The summed E-state index contributed by atoms with van der Waals surface area (Å²) in [6.45, 7) is 2.06. The van der Waals surface area contributed by atoms with E-state index in [0.29, 0.717) is 23.5 Å². The predicted molar refractivity (Wildman–Crippen MR) is 82.9 cm³/mol. The van der Waals surface area contributed by atoms with Gasteiger partial charge >= 0.3 is 0 Å². The quantitative estimate of drug-likeness (QED) is 0.888. The van der Waals surface area contributed by atoms with Gasteiger partial charge in [-0.1, -0.05) is 12.1 Å². The number of nitrogens with one attached hydrogen (secondary N) is 1. The Morgan fingerprint density at radius 1 is 1.14 bits per heavy atom. The first-order valence-electron chi connectivity index (χ1n) is 6.43. The highest BCUT2D eigenvalue weighted by Crippen LogP contribution is 2.23. The van der Waals surface area contributed by atoms with Crippen LogP contribution in [0.4, 0.5) is 5.69 Å². The molecule has 2 rings (SSSR count). The van der Waals surface area contributed by atoms with Crippen molar-refractivity contribution >= 4 is 15.7 Å². The van der Waals surface area contributed by atoms with Gasteiger partial charge in [0.05, 0.1) is 12.0 Å². The molecule has 0 radical (unpaired) electrons. The molecule has 0 fully saturated rings. The number of methoxy groups -OCH3 is 1. The Hall–Kier alpha value is -2.05. The van der Waals surface area contributed by atoms with E-state index < -0.39 is 10.0 Å². The Bertz CT molecular complexity index is 725. The van der Waals surface area contributed by atoms with Crippen LogP contribution in [-0.2, 0) is 16.6 Å². The number of nitrogens with two attached hydrogens (primary N) is 1. The first kappa shape index (κ1) is 15.3. The number of hydrogen-bond acceptors (Lipinski definition) is 4. The Kier molecular flexibility index (Phi) is 4.50. The van der Waals surface area contributed by atoms with E-state index in [0.717, 1.165) is 5.56 Å². The molecule has 0 saturated carbocycles. The van der Waals surface area contributed by atoms with E-state index in [4.69, 9.17) is 10.5 Å². The summed E-state index contributed by atoms with van der Waals surface area (Å²) in [5.74, 6) is 0.666. The molecule has 0 aliphatic heterocycles. The van der Waals surface area contributed by atoms with Crippen LogP contribution >= 0.6 is 0 Å². The van der Waals surface area contributed by atoms with Gasteiger partial charge in [-0.15, -0.1) is 0 Å². The van der Waals surface area contributed by atoms with E-state index in [1.165, 1.54) is 0 Å².